The van der Waals surface area contributed by atoms with E-state index < -0.39 is 17.8 Å². The summed E-state index contributed by atoms with van der Waals surface area (Å²) in [7, 11) is 4.09. The Morgan fingerprint density at radius 3 is 2.30 bits per heavy atom. The maximum atomic E-state index is 14.6. The molecule has 0 aliphatic carbocycles. The molecular formula is C36H38F3N5O2. The SMILES string of the molecule is Cc1cc(C(=O)N2c3ccccc3Cn3cccc3C2C(=O)N2CCN(CCN(C)C)CC2)ccc1-c1ccccc1C(F)(F)F. The lowest BCUT2D eigenvalue weighted by atomic mass is 9.94. The van der Waals surface area contributed by atoms with Crippen molar-refractivity contribution in [2.45, 2.75) is 25.7 Å². The number of benzene rings is 3. The third kappa shape index (κ3) is 6.19. The fourth-order valence-electron chi connectivity index (χ4n) is 6.53. The van der Waals surface area contributed by atoms with E-state index in [0.717, 1.165) is 43.5 Å². The second kappa shape index (κ2) is 12.8. The molecule has 3 heterocycles. The molecule has 3 aromatic carbocycles. The standard InChI is InChI=1S/C36H38F3N5O2/c1-25-23-26(14-15-28(25)29-10-5-6-11-30(29)36(37,38)39)34(45)44-31-12-7-4-9-27(31)24-43-16-8-13-32(43)33(44)35(46)42-21-19-41(20-22-42)18-17-40(2)3/h4-16,23,33H,17-22,24H2,1-3H3. The Kier molecular flexibility index (Phi) is 8.76. The predicted molar refractivity (Wildman–Crippen MR) is 173 cm³/mol. The number of alkyl halides is 3. The van der Waals surface area contributed by atoms with Gasteiger partial charge in [-0.15, -0.1) is 0 Å². The van der Waals surface area contributed by atoms with Crippen molar-refractivity contribution in [1.29, 1.82) is 0 Å². The Labute approximate surface area is 267 Å². The minimum absolute atomic E-state index is 0.0576. The largest absolute Gasteiger partial charge is 0.417 e. The van der Waals surface area contributed by atoms with Gasteiger partial charge < -0.3 is 14.4 Å². The number of para-hydroxylation sites is 1. The minimum atomic E-state index is -4.52. The first-order chi connectivity index (χ1) is 22.0. The van der Waals surface area contributed by atoms with E-state index in [9.17, 15) is 22.8 Å². The smallest absolute Gasteiger partial charge is 0.345 e. The van der Waals surface area contributed by atoms with Crippen LogP contribution >= 0.6 is 0 Å². The second-order valence-electron chi connectivity index (χ2n) is 12.3. The molecule has 1 fully saturated rings. The van der Waals surface area contributed by atoms with E-state index >= 15 is 0 Å². The summed E-state index contributed by atoms with van der Waals surface area (Å²) in [5, 5.41) is 0. The van der Waals surface area contributed by atoms with Crippen molar-refractivity contribution in [3.63, 3.8) is 0 Å². The number of fused-ring (bicyclic) bond motifs is 2. The van der Waals surface area contributed by atoms with Gasteiger partial charge in [-0.25, -0.2) is 0 Å². The van der Waals surface area contributed by atoms with E-state index in [-0.39, 0.29) is 17.4 Å². The van der Waals surface area contributed by atoms with Crippen LogP contribution in [0.25, 0.3) is 11.1 Å². The number of aryl methyl sites for hydroxylation is 1. The molecule has 0 bridgehead atoms. The first-order valence-corrected chi connectivity index (χ1v) is 15.5. The topological polar surface area (TPSA) is 52.0 Å². The van der Waals surface area contributed by atoms with Crippen LogP contribution in [0.15, 0.2) is 85.1 Å². The lowest BCUT2D eigenvalue weighted by Gasteiger charge is -2.39. The van der Waals surface area contributed by atoms with Gasteiger partial charge >= 0.3 is 6.18 Å². The molecule has 46 heavy (non-hydrogen) atoms. The zero-order chi connectivity index (χ0) is 32.6. The lowest BCUT2D eigenvalue weighted by molar-refractivity contribution is -0.137. The van der Waals surface area contributed by atoms with Gasteiger partial charge in [-0.2, -0.15) is 13.2 Å². The molecule has 7 nitrogen and oxygen atoms in total. The molecule has 240 valence electrons. The number of rotatable bonds is 6. The fourth-order valence-corrected chi connectivity index (χ4v) is 6.53. The monoisotopic (exact) mass is 629 g/mol. The third-order valence-electron chi connectivity index (χ3n) is 8.99. The van der Waals surface area contributed by atoms with Crippen molar-refractivity contribution in [3.8, 4) is 11.1 Å². The van der Waals surface area contributed by atoms with Crippen LogP contribution < -0.4 is 4.90 Å². The van der Waals surface area contributed by atoms with Crippen molar-refractivity contribution >= 4 is 17.5 Å². The molecule has 1 aromatic heterocycles. The van der Waals surface area contributed by atoms with Crippen LogP contribution in [0, 0.1) is 6.92 Å². The number of carbonyl (C=O) groups excluding carboxylic acids is 2. The Hall–Kier alpha value is -4.41. The number of hydrogen-bond acceptors (Lipinski definition) is 4. The molecule has 1 unspecified atom stereocenters. The van der Waals surface area contributed by atoms with Crippen molar-refractivity contribution < 1.29 is 22.8 Å². The van der Waals surface area contributed by atoms with Gasteiger partial charge in [0.25, 0.3) is 11.8 Å². The first-order valence-electron chi connectivity index (χ1n) is 15.5. The summed E-state index contributed by atoms with van der Waals surface area (Å²) in [6.45, 7) is 6.66. The van der Waals surface area contributed by atoms with Gasteiger partial charge in [0, 0.05) is 57.6 Å². The summed E-state index contributed by atoms with van der Waals surface area (Å²) in [4.78, 5) is 37.1. The van der Waals surface area contributed by atoms with Gasteiger partial charge in [-0.3, -0.25) is 19.4 Å². The molecule has 0 radical (unpaired) electrons. The van der Waals surface area contributed by atoms with Crippen molar-refractivity contribution in [2.24, 2.45) is 0 Å². The van der Waals surface area contributed by atoms with E-state index in [4.69, 9.17) is 0 Å². The van der Waals surface area contributed by atoms with Gasteiger partial charge in [-0.1, -0.05) is 42.5 Å². The summed E-state index contributed by atoms with van der Waals surface area (Å²) in [6.07, 6.45) is -2.59. The third-order valence-corrected chi connectivity index (χ3v) is 8.99. The van der Waals surface area contributed by atoms with E-state index in [0.29, 0.717) is 42.0 Å². The Bertz CT molecular complexity index is 1740. The Balaban J connectivity index is 1.37. The van der Waals surface area contributed by atoms with Crippen LogP contribution in [0.4, 0.5) is 18.9 Å². The minimum Gasteiger partial charge on any atom is -0.345 e. The van der Waals surface area contributed by atoms with E-state index in [1.54, 1.807) is 36.1 Å². The van der Waals surface area contributed by atoms with Gasteiger partial charge in [0.15, 0.2) is 6.04 Å². The predicted octanol–water partition coefficient (Wildman–Crippen LogP) is 5.94. The zero-order valence-corrected chi connectivity index (χ0v) is 26.3. The number of piperazine rings is 1. The number of likely N-dealkylation sites (N-methyl/N-ethyl adjacent to an activating group) is 1. The number of aromatic nitrogens is 1. The maximum absolute atomic E-state index is 14.6. The summed E-state index contributed by atoms with van der Waals surface area (Å²) in [5.41, 5.74) is 2.81. The highest BCUT2D eigenvalue weighted by molar-refractivity contribution is 6.11. The molecular weight excluding hydrogens is 591 g/mol. The number of hydrogen-bond donors (Lipinski definition) is 0. The fraction of sp³-hybridized carbons (Fsp3) is 0.333. The molecule has 2 amide bonds. The van der Waals surface area contributed by atoms with E-state index in [2.05, 4.69) is 9.80 Å². The molecule has 6 rings (SSSR count). The van der Waals surface area contributed by atoms with E-state index in [1.165, 1.54) is 12.1 Å². The summed E-state index contributed by atoms with van der Waals surface area (Å²) < 4.78 is 43.6. The van der Waals surface area contributed by atoms with Crippen LogP contribution in [0.1, 0.15) is 38.8 Å². The molecule has 4 aromatic rings. The molecule has 2 aliphatic rings. The average molecular weight is 630 g/mol. The normalized spacial score (nSPS) is 17.1. The Morgan fingerprint density at radius 2 is 1.59 bits per heavy atom. The number of nitrogens with zero attached hydrogens (tertiary/aromatic N) is 5. The molecule has 0 saturated carbocycles. The van der Waals surface area contributed by atoms with Gasteiger partial charge in [0.05, 0.1) is 16.9 Å². The highest BCUT2D eigenvalue weighted by atomic mass is 19.4. The number of carbonyl (C=O) groups is 2. The maximum Gasteiger partial charge on any atom is 0.417 e. The van der Waals surface area contributed by atoms with Crippen molar-refractivity contribution in [1.82, 2.24) is 19.3 Å². The van der Waals surface area contributed by atoms with Crippen LogP contribution in [0.2, 0.25) is 0 Å². The molecule has 0 spiro atoms. The zero-order valence-electron chi connectivity index (χ0n) is 26.3. The van der Waals surface area contributed by atoms with Crippen LogP contribution in [-0.2, 0) is 17.5 Å². The van der Waals surface area contributed by atoms with Crippen LogP contribution in [0.5, 0.6) is 0 Å². The summed E-state index contributed by atoms with van der Waals surface area (Å²) >= 11 is 0. The van der Waals surface area contributed by atoms with Crippen LogP contribution in [-0.4, -0.2) is 84.4 Å². The van der Waals surface area contributed by atoms with E-state index in [1.807, 2.05) is 66.2 Å². The molecule has 1 atom stereocenters. The second-order valence-corrected chi connectivity index (χ2v) is 12.3. The summed E-state index contributed by atoms with van der Waals surface area (Å²) in [5.74, 6) is -0.534. The molecule has 10 heteroatoms. The number of anilines is 1. The first kappa shape index (κ1) is 31.6. The van der Waals surface area contributed by atoms with Gasteiger partial charge in [0.1, 0.15) is 0 Å². The van der Waals surface area contributed by atoms with Gasteiger partial charge in [0.2, 0.25) is 0 Å². The van der Waals surface area contributed by atoms with Crippen molar-refractivity contribution in [2.75, 3.05) is 58.3 Å². The summed E-state index contributed by atoms with van der Waals surface area (Å²) in [6, 6.07) is 20.7. The molecule has 2 aliphatic heterocycles. The quantitative estimate of drug-likeness (QED) is 0.265. The highest BCUT2D eigenvalue weighted by Gasteiger charge is 2.41. The van der Waals surface area contributed by atoms with Gasteiger partial charge in [-0.05, 0) is 79.7 Å². The average Bonchev–Trinajstić information content (AvgIpc) is 3.44. The Morgan fingerprint density at radius 1 is 0.870 bits per heavy atom. The number of amides is 2. The van der Waals surface area contributed by atoms with Crippen LogP contribution in [0.3, 0.4) is 0 Å². The molecule has 1 saturated heterocycles. The lowest BCUT2D eigenvalue weighted by Crippen LogP contribution is -2.53. The number of halogens is 3. The molecule has 0 N–H and O–H groups in total. The highest BCUT2D eigenvalue weighted by Crippen LogP contribution is 2.40. The van der Waals surface area contributed by atoms with Crippen molar-refractivity contribution in [3.05, 3.63) is 113 Å².